The zero-order valence-electron chi connectivity index (χ0n) is 8.97. The molecule has 90 valence electrons. The van der Waals surface area contributed by atoms with E-state index < -0.39 is 29.5 Å². The van der Waals surface area contributed by atoms with Crippen LogP contribution < -0.4 is 0 Å². The Morgan fingerprint density at radius 2 is 1.75 bits per heavy atom. The summed E-state index contributed by atoms with van der Waals surface area (Å²) in [5, 5.41) is 18.6. The van der Waals surface area contributed by atoms with Crippen LogP contribution in [-0.2, 0) is 11.6 Å². The highest BCUT2D eigenvalue weighted by atomic mass is 19.4. The third-order valence-electron chi connectivity index (χ3n) is 2.42. The van der Waals surface area contributed by atoms with Gasteiger partial charge in [-0.3, -0.25) is 0 Å². The fourth-order valence-corrected chi connectivity index (χ4v) is 1.57. The monoisotopic (exact) mass is 234 g/mol. The summed E-state index contributed by atoms with van der Waals surface area (Å²) in [5.74, 6) is -0.450. The lowest BCUT2D eigenvalue weighted by atomic mass is 9.81. The molecule has 0 aliphatic rings. The minimum atomic E-state index is -4.54. The molecule has 0 saturated heterocycles. The van der Waals surface area contributed by atoms with Crippen LogP contribution in [-0.4, -0.2) is 16.8 Å². The largest absolute Gasteiger partial charge is 0.508 e. The van der Waals surface area contributed by atoms with Crippen molar-refractivity contribution in [1.29, 1.82) is 0 Å². The summed E-state index contributed by atoms with van der Waals surface area (Å²) in [4.78, 5) is 0. The summed E-state index contributed by atoms with van der Waals surface area (Å²) in [6, 6.07) is 3.21. The molecule has 0 bridgehead atoms. The van der Waals surface area contributed by atoms with Crippen LogP contribution in [0.2, 0.25) is 0 Å². The fraction of sp³-hybridized carbons (Fsp3) is 0.455. The summed E-state index contributed by atoms with van der Waals surface area (Å²) in [6.45, 7) is 2.40. The SMILES string of the molecule is CC(C)(CO)c1c(O)cccc1C(F)(F)F. The number of hydrogen-bond donors (Lipinski definition) is 2. The molecule has 0 fully saturated rings. The first-order chi connectivity index (χ1) is 7.20. The van der Waals surface area contributed by atoms with Gasteiger partial charge in [-0.15, -0.1) is 0 Å². The molecular formula is C11H13F3O2. The van der Waals surface area contributed by atoms with Gasteiger partial charge in [0.25, 0.3) is 0 Å². The average Bonchev–Trinajstić information content (AvgIpc) is 2.15. The third kappa shape index (κ3) is 2.29. The molecule has 1 aromatic rings. The zero-order valence-corrected chi connectivity index (χ0v) is 8.97. The lowest BCUT2D eigenvalue weighted by Crippen LogP contribution is -2.26. The Hall–Kier alpha value is -1.23. The van der Waals surface area contributed by atoms with Gasteiger partial charge in [-0.1, -0.05) is 19.9 Å². The molecule has 0 aromatic heterocycles. The van der Waals surface area contributed by atoms with Gasteiger partial charge in [-0.05, 0) is 12.1 Å². The van der Waals surface area contributed by atoms with E-state index in [0.29, 0.717) is 0 Å². The van der Waals surface area contributed by atoms with Gasteiger partial charge in [-0.2, -0.15) is 13.2 Å². The normalized spacial score (nSPS) is 12.9. The van der Waals surface area contributed by atoms with Gasteiger partial charge in [-0.25, -0.2) is 0 Å². The third-order valence-corrected chi connectivity index (χ3v) is 2.42. The van der Waals surface area contributed by atoms with Gasteiger partial charge in [0.2, 0.25) is 0 Å². The Labute approximate surface area is 91.3 Å². The van der Waals surface area contributed by atoms with Crippen molar-refractivity contribution in [1.82, 2.24) is 0 Å². The maximum absolute atomic E-state index is 12.7. The van der Waals surface area contributed by atoms with Gasteiger partial charge >= 0.3 is 6.18 Å². The van der Waals surface area contributed by atoms with E-state index in [1.165, 1.54) is 19.9 Å². The van der Waals surface area contributed by atoms with Crippen molar-refractivity contribution in [3.8, 4) is 5.75 Å². The Bertz CT molecular complexity index is 383. The second-order valence-corrected chi connectivity index (χ2v) is 4.24. The van der Waals surface area contributed by atoms with Gasteiger partial charge < -0.3 is 10.2 Å². The van der Waals surface area contributed by atoms with Gasteiger partial charge in [0.1, 0.15) is 5.75 Å². The molecule has 5 heteroatoms. The number of halogens is 3. The highest BCUT2D eigenvalue weighted by Crippen LogP contribution is 2.41. The predicted molar refractivity (Wildman–Crippen MR) is 53.2 cm³/mol. The number of aromatic hydroxyl groups is 1. The van der Waals surface area contributed by atoms with Gasteiger partial charge in [0.05, 0.1) is 12.2 Å². The van der Waals surface area contributed by atoms with E-state index in [2.05, 4.69) is 0 Å². The summed E-state index contributed by atoms with van der Waals surface area (Å²) in [7, 11) is 0. The maximum Gasteiger partial charge on any atom is 0.416 e. The minimum Gasteiger partial charge on any atom is -0.508 e. The number of rotatable bonds is 2. The number of aliphatic hydroxyl groups excluding tert-OH is 1. The molecule has 0 radical (unpaired) electrons. The molecule has 0 heterocycles. The number of aliphatic hydroxyl groups is 1. The van der Waals surface area contributed by atoms with E-state index in [0.717, 1.165) is 12.1 Å². The van der Waals surface area contributed by atoms with Crippen LogP contribution in [0.15, 0.2) is 18.2 Å². The first-order valence-electron chi connectivity index (χ1n) is 4.70. The van der Waals surface area contributed by atoms with E-state index in [1.54, 1.807) is 0 Å². The molecule has 0 amide bonds. The highest BCUT2D eigenvalue weighted by Gasteiger charge is 2.39. The van der Waals surface area contributed by atoms with Crippen LogP contribution in [0.3, 0.4) is 0 Å². The second-order valence-electron chi connectivity index (χ2n) is 4.24. The topological polar surface area (TPSA) is 40.5 Å². The molecule has 2 N–H and O–H groups in total. The molecule has 0 spiro atoms. The van der Waals surface area contributed by atoms with Crippen LogP contribution in [0.1, 0.15) is 25.0 Å². The number of hydrogen-bond acceptors (Lipinski definition) is 2. The smallest absolute Gasteiger partial charge is 0.416 e. The molecule has 16 heavy (non-hydrogen) atoms. The lowest BCUT2D eigenvalue weighted by Gasteiger charge is -2.27. The Morgan fingerprint density at radius 3 is 2.19 bits per heavy atom. The zero-order chi connectivity index (χ0) is 12.6. The summed E-state index contributed by atoms with van der Waals surface area (Å²) < 4.78 is 38.1. The standard InChI is InChI=1S/C11H13F3O2/c1-10(2,6-15)9-7(11(12,13)14)4-3-5-8(9)16/h3-5,15-16H,6H2,1-2H3. The van der Waals surface area contributed by atoms with Crippen LogP contribution in [0.5, 0.6) is 5.75 Å². The molecule has 0 saturated carbocycles. The van der Waals surface area contributed by atoms with Crippen molar-refractivity contribution in [2.24, 2.45) is 0 Å². The molecule has 0 atom stereocenters. The van der Waals surface area contributed by atoms with E-state index in [9.17, 15) is 18.3 Å². The number of benzene rings is 1. The Balaban J connectivity index is 3.48. The molecule has 0 aliphatic carbocycles. The van der Waals surface area contributed by atoms with Crippen LogP contribution >= 0.6 is 0 Å². The molecular weight excluding hydrogens is 221 g/mol. The number of phenolic OH excluding ortho intramolecular Hbond substituents is 1. The summed E-state index contributed by atoms with van der Waals surface area (Å²) in [6.07, 6.45) is -4.54. The molecule has 1 aromatic carbocycles. The molecule has 2 nitrogen and oxygen atoms in total. The van der Waals surface area contributed by atoms with E-state index in [-0.39, 0.29) is 5.56 Å². The number of phenols is 1. The van der Waals surface area contributed by atoms with Crippen LogP contribution in [0.4, 0.5) is 13.2 Å². The summed E-state index contributed by atoms with van der Waals surface area (Å²) in [5.41, 5.74) is -2.33. The average molecular weight is 234 g/mol. The van der Waals surface area contributed by atoms with Crippen molar-refractivity contribution < 1.29 is 23.4 Å². The molecule has 1 rings (SSSR count). The highest BCUT2D eigenvalue weighted by molar-refractivity contribution is 5.45. The fourth-order valence-electron chi connectivity index (χ4n) is 1.57. The lowest BCUT2D eigenvalue weighted by molar-refractivity contribution is -0.139. The van der Waals surface area contributed by atoms with E-state index in [1.807, 2.05) is 0 Å². The first kappa shape index (κ1) is 12.8. The second kappa shape index (κ2) is 3.97. The minimum absolute atomic E-state index is 0.273. The van der Waals surface area contributed by atoms with Crippen LogP contribution in [0, 0.1) is 0 Å². The van der Waals surface area contributed by atoms with E-state index in [4.69, 9.17) is 5.11 Å². The van der Waals surface area contributed by atoms with Crippen molar-refractivity contribution in [2.45, 2.75) is 25.4 Å². The van der Waals surface area contributed by atoms with Crippen molar-refractivity contribution in [3.63, 3.8) is 0 Å². The Morgan fingerprint density at radius 1 is 1.19 bits per heavy atom. The van der Waals surface area contributed by atoms with Crippen molar-refractivity contribution >= 4 is 0 Å². The van der Waals surface area contributed by atoms with Crippen LogP contribution in [0.25, 0.3) is 0 Å². The van der Waals surface area contributed by atoms with Gasteiger partial charge in [0.15, 0.2) is 0 Å². The first-order valence-corrected chi connectivity index (χ1v) is 4.70. The predicted octanol–water partition coefficient (Wildman–Crippen LogP) is 2.68. The molecule has 0 unspecified atom stereocenters. The van der Waals surface area contributed by atoms with Crippen molar-refractivity contribution in [3.05, 3.63) is 29.3 Å². The maximum atomic E-state index is 12.7. The Kier molecular flexibility index (Phi) is 3.19. The summed E-state index contributed by atoms with van der Waals surface area (Å²) >= 11 is 0. The quantitative estimate of drug-likeness (QED) is 0.825. The number of alkyl halides is 3. The van der Waals surface area contributed by atoms with Gasteiger partial charge in [0, 0.05) is 11.0 Å². The molecule has 0 aliphatic heterocycles. The van der Waals surface area contributed by atoms with Crippen molar-refractivity contribution in [2.75, 3.05) is 6.61 Å². The van der Waals surface area contributed by atoms with E-state index >= 15 is 0 Å².